The summed E-state index contributed by atoms with van der Waals surface area (Å²) in [7, 11) is 0. The van der Waals surface area contributed by atoms with E-state index >= 15 is 0 Å². The number of rotatable bonds is 2. The van der Waals surface area contributed by atoms with Crippen molar-refractivity contribution < 1.29 is 20.4 Å². The van der Waals surface area contributed by atoms with E-state index in [4.69, 9.17) is 10.2 Å². The van der Waals surface area contributed by atoms with Crippen LogP contribution < -0.4 is 0 Å². The van der Waals surface area contributed by atoms with Gasteiger partial charge < -0.3 is 20.4 Å². The average Bonchev–Trinajstić information content (AvgIpc) is 2.28. The highest BCUT2D eigenvalue weighted by molar-refractivity contribution is 5.48. The highest BCUT2D eigenvalue weighted by Crippen LogP contribution is 2.17. The van der Waals surface area contributed by atoms with Gasteiger partial charge in [0.15, 0.2) is 0 Å². The average molecular weight is 222 g/mol. The van der Waals surface area contributed by atoms with E-state index in [0.29, 0.717) is 11.1 Å². The van der Waals surface area contributed by atoms with Gasteiger partial charge in [0.05, 0.1) is 18.8 Å². The van der Waals surface area contributed by atoms with Gasteiger partial charge in [-0.15, -0.1) is 0 Å². The molecular weight excluding hydrogens is 208 g/mol. The lowest BCUT2D eigenvalue weighted by Crippen LogP contribution is -2.26. The topological polar surface area (TPSA) is 80.9 Å². The van der Waals surface area contributed by atoms with E-state index in [1.165, 1.54) is 19.1 Å². The van der Waals surface area contributed by atoms with Gasteiger partial charge in [-0.2, -0.15) is 0 Å². The summed E-state index contributed by atoms with van der Waals surface area (Å²) in [6, 6.07) is 4.52. The van der Waals surface area contributed by atoms with Crippen molar-refractivity contribution >= 4 is 0 Å². The number of aliphatic hydroxyl groups is 3. The minimum atomic E-state index is -1.50. The largest absolute Gasteiger partial charge is 0.507 e. The number of hydrogen-bond acceptors (Lipinski definition) is 4. The van der Waals surface area contributed by atoms with Crippen molar-refractivity contribution in [2.24, 2.45) is 0 Å². The number of benzene rings is 1. The second-order valence-electron chi connectivity index (χ2n) is 3.69. The third kappa shape index (κ3) is 3.24. The second kappa shape index (κ2) is 4.99. The van der Waals surface area contributed by atoms with Crippen LogP contribution in [-0.4, -0.2) is 32.6 Å². The van der Waals surface area contributed by atoms with Crippen LogP contribution in [0.15, 0.2) is 18.2 Å². The molecule has 0 radical (unpaired) electrons. The van der Waals surface area contributed by atoms with Crippen molar-refractivity contribution in [1.29, 1.82) is 0 Å². The highest BCUT2D eigenvalue weighted by atomic mass is 16.3. The van der Waals surface area contributed by atoms with Gasteiger partial charge in [-0.25, -0.2) is 0 Å². The first kappa shape index (κ1) is 12.5. The third-order valence-electron chi connectivity index (χ3n) is 2.02. The molecule has 0 saturated heterocycles. The van der Waals surface area contributed by atoms with E-state index in [-0.39, 0.29) is 12.4 Å². The number of aliphatic hydroxyl groups excluding tert-OH is 2. The Labute approximate surface area is 93.8 Å². The van der Waals surface area contributed by atoms with Crippen molar-refractivity contribution in [3.8, 4) is 17.6 Å². The Kier molecular flexibility index (Phi) is 3.91. The maximum atomic E-state index is 9.47. The SMILES string of the molecule is CC(O)(C#Cc1cc(CO)ccc1O)CO. The van der Waals surface area contributed by atoms with E-state index in [1.54, 1.807) is 6.07 Å². The van der Waals surface area contributed by atoms with Gasteiger partial charge in [0.1, 0.15) is 11.4 Å². The Bertz CT molecular complexity index is 426. The monoisotopic (exact) mass is 222 g/mol. The van der Waals surface area contributed by atoms with Crippen LogP contribution in [0.1, 0.15) is 18.1 Å². The quantitative estimate of drug-likeness (QED) is 0.530. The summed E-state index contributed by atoms with van der Waals surface area (Å²) < 4.78 is 0. The first-order chi connectivity index (χ1) is 7.48. The molecule has 4 nitrogen and oxygen atoms in total. The molecule has 1 rings (SSSR count). The van der Waals surface area contributed by atoms with Crippen molar-refractivity contribution in [3.63, 3.8) is 0 Å². The summed E-state index contributed by atoms with van der Waals surface area (Å²) in [5.74, 6) is 4.96. The summed E-state index contributed by atoms with van der Waals surface area (Å²) >= 11 is 0. The third-order valence-corrected chi connectivity index (χ3v) is 2.02. The standard InChI is InChI=1S/C12H14O4/c1-12(16,8-14)5-4-10-6-9(7-13)2-3-11(10)15/h2-3,6,13-16H,7-8H2,1H3. The van der Waals surface area contributed by atoms with E-state index in [2.05, 4.69) is 11.8 Å². The lowest BCUT2D eigenvalue weighted by Gasteiger charge is -2.11. The van der Waals surface area contributed by atoms with E-state index in [1.807, 2.05) is 0 Å². The lowest BCUT2D eigenvalue weighted by molar-refractivity contribution is 0.0519. The molecule has 4 heteroatoms. The number of phenolic OH excluding ortho intramolecular Hbond substituents is 1. The van der Waals surface area contributed by atoms with Gasteiger partial charge in [-0.3, -0.25) is 0 Å². The maximum Gasteiger partial charge on any atom is 0.145 e. The molecule has 1 aromatic carbocycles. The number of hydrogen-bond donors (Lipinski definition) is 4. The second-order valence-corrected chi connectivity index (χ2v) is 3.69. The van der Waals surface area contributed by atoms with Crippen molar-refractivity contribution in [1.82, 2.24) is 0 Å². The Morgan fingerprint density at radius 3 is 2.56 bits per heavy atom. The Balaban J connectivity index is 3.05. The first-order valence-corrected chi connectivity index (χ1v) is 4.77. The molecule has 0 aromatic heterocycles. The molecule has 0 aliphatic carbocycles. The van der Waals surface area contributed by atoms with Crippen LogP contribution >= 0.6 is 0 Å². The first-order valence-electron chi connectivity index (χ1n) is 4.77. The molecule has 0 saturated carbocycles. The van der Waals surface area contributed by atoms with Gasteiger partial charge in [0, 0.05) is 0 Å². The summed E-state index contributed by atoms with van der Waals surface area (Å²) in [6.45, 7) is 0.735. The van der Waals surface area contributed by atoms with Crippen LogP contribution in [0.2, 0.25) is 0 Å². The minimum Gasteiger partial charge on any atom is -0.507 e. The molecular formula is C12H14O4. The summed E-state index contributed by atoms with van der Waals surface area (Å²) in [5, 5.41) is 36.6. The Morgan fingerprint density at radius 2 is 2.00 bits per heavy atom. The van der Waals surface area contributed by atoms with Gasteiger partial charge in [-0.05, 0) is 24.6 Å². The lowest BCUT2D eigenvalue weighted by atomic mass is 10.1. The molecule has 0 heterocycles. The smallest absolute Gasteiger partial charge is 0.145 e. The van der Waals surface area contributed by atoms with Gasteiger partial charge in [0.2, 0.25) is 0 Å². The zero-order valence-corrected chi connectivity index (χ0v) is 8.94. The van der Waals surface area contributed by atoms with E-state index < -0.39 is 12.2 Å². The van der Waals surface area contributed by atoms with Crippen LogP contribution in [0.25, 0.3) is 0 Å². The fourth-order valence-electron chi connectivity index (χ4n) is 1.02. The van der Waals surface area contributed by atoms with Crippen molar-refractivity contribution in [2.75, 3.05) is 6.61 Å². The fraction of sp³-hybridized carbons (Fsp3) is 0.333. The summed E-state index contributed by atoms with van der Waals surface area (Å²) in [5.41, 5.74) is -0.576. The van der Waals surface area contributed by atoms with Crippen LogP contribution in [0.3, 0.4) is 0 Å². The van der Waals surface area contributed by atoms with E-state index in [9.17, 15) is 10.2 Å². The molecule has 1 atom stereocenters. The Morgan fingerprint density at radius 1 is 1.31 bits per heavy atom. The molecule has 0 aliphatic rings. The molecule has 1 aromatic rings. The predicted molar refractivity (Wildman–Crippen MR) is 58.6 cm³/mol. The zero-order chi connectivity index (χ0) is 12.2. The molecule has 0 spiro atoms. The fourth-order valence-corrected chi connectivity index (χ4v) is 1.02. The molecule has 4 N–H and O–H groups in total. The normalized spacial score (nSPS) is 13.8. The van der Waals surface area contributed by atoms with Crippen LogP contribution in [-0.2, 0) is 6.61 Å². The molecule has 0 aliphatic heterocycles. The molecule has 0 amide bonds. The molecule has 16 heavy (non-hydrogen) atoms. The predicted octanol–water partition coefficient (Wildman–Crippen LogP) is -0.0207. The van der Waals surface area contributed by atoms with Crippen molar-refractivity contribution in [2.45, 2.75) is 19.1 Å². The number of phenols is 1. The summed E-state index contributed by atoms with van der Waals surface area (Å²) in [4.78, 5) is 0. The van der Waals surface area contributed by atoms with Crippen molar-refractivity contribution in [3.05, 3.63) is 29.3 Å². The van der Waals surface area contributed by atoms with E-state index in [0.717, 1.165) is 0 Å². The van der Waals surface area contributed by atoms with Crippen LogP contribution in [0.5, 0.6) is 5.75 Å². The zero-order valence-electron chi connectivity index (χ0n) is 8.94. The van der Waals surface area contributed by atoms with Crippen LogP contribution in [0, 0.1) is 11.8 Å². The minimum absolute atomic E-state index is 0.0292. The molecule has 1 unspecified atom stereocenters. The maximum absolute atomic E-state index is 9.47. The van der Waals surface area contributed by atoms with Gasteiger partial charge in [0.25, 0.3) is 0 Å². The van der Waals surface area contributed by atoms with Gasteiger partial charge in [-0.1, -0.05) is 17.9 Å². The highest BCUT2D eigenvalue weighted by Gasteiger charge is 2.14. The van der Waals surface area contributed by atoms with Crippen LogP contribution in [0.4, 0.5) is 0 Å². The van der Waals surface area contributed by atoms with Gasteiger partial charge >= 0.3 is 0 Å². The number of aromatic hydroxyl groups is 1. The Hall–Kier alpha value is -1.54. The molecule has 0 fully saturated rings. The molecule has 0 bridgehead atoms. The molecule has 86 valence electrons. The summed E-state index contributed by atoms with van der Waals surface area (Å²) in [6.07, 6.45) is 0.